The van der Waals surface area contributed by atoms with Crippen LogP contribution in [0.4, 0.5) is 11.4 Å². The molecule has 0 unspecified atom stereocenters. The van der Waals surface area contributed by atoms with E-state index in [2.05, 4.69) is 16.7 Å². The molecule has 10 heteroatoms. The van der Waals surface area contributed by atoms with E-state index in [-0.39, 0.29) is 55.4 Å². The summed E-state index contributed by atoms with van der Waals surface area (Å²) in [6.07, 6.45) is 3.54. The van der Waals surface area contributed by atoms with Crippen LogP contribution in [0.1, 0.15) is 51.9 Å². The van der Waals surface area contributed by atoms with E-state index in [9.17, 15) is 23.1 Å². The Morgan fingerprint density at radius 2 is 1.70 bits per heavy atom. The van der Waals surface area contributed by atoms with Crippen LogP contribution in [0, 0.1) is 6.07 Å². The molecule has 1 heterocycles. The van der Waals surface area contributed by atoms with Crippen molar-refractivity contribution < 1.29 is 60.2 Å². The van der Waals surface area contributed by atoms with Gasteiger partial charge in [-0.25, -0.2) is 8.42 Å². The third-order valence-corrected chi connectivity index (χ3v) is 5.72. The van der Waals surface area contributed by atoms with Crippen molar-refractivity contribution in [2.75, 3.05) is 16.9 Å². The summed E-state index contributed by atoms with van der Waals surface area (Å²) >= 11 is 0. The van der Waals surface area contributed by atoms with Gasteiger partial charge in [0.05, 0.1) is 11.8 Å². The summed E-state index contributed by atoms with van der Waals surface area (Å²) in [5.41, 5.74) is 0.416. The number of amides is 2. The Morgan fingerprint density at radius 1 is 1.13 bits per heavy atom. The number of hydrogen-bond donors (Lipinski definition) is 3. The van der Waals surface area contributed by atoms with E-state index in [1.54, 1.807) is 0 Å². The summed E-state index contributed by atoms with van der Waals surface area (Å²) in [6.45, 7) is 10.5. The Bertz CT molecular complexity index is 909. The quantitative estimate of drug-likeness (QED) is 0.411. The molecule has 30 heavy (non-hydrogen) atoms. The van der Waals surface area contributed by atoms with Gasteiger partial charge in [0.25, 0.3) is 0 Å². The van der Waals surface area contributed by atoms with Crippen LogP contribution in [0.2, 0.25) is 0 Å². The van der Waals surface area contributed by atoms with Crippen molar-refractivity contribution in [1.29, 1.82) is 0 Å². The molecule has 2 amide bonds. The largest absolute Gasteiger partial charge is 0.531 e. The van der Waals surface area contributed by atoms with Gasteiger partial charge in [0, 0.05) is 44.7 Å². The molecule has 2 rings (SSSR count). The average molecular weight is 514 g/mol. The van der Waals surface area contributed by atoms with E-state index >= 15 is 0 Å². The van der Waals surface area contributed by atoms with Crippen molar-refractivity contribution in [2.45, 2.75) is 46.3 Å². The molecule has 0 fully saturated rings. The van der Waals surface area contributed by atoms with Gasteiger partial charge in [0.1, 0.15) is 11.0 Å². The minimum Gasteiger partial charge on any atom is -0.531 e. The number of phenolic OH excluding ortho intramolecular Hbond substituents is 1. The van der Waals surface area contributed by atoms with E-state index in [1.165, 1.54) is 38.5 Å². The average Bonchev–Trinajstić information content (AvgIpc) is 3.21. The van der Waals surface area contributed by atoms with E-state index in [0.717, 1.165) is 12.3 Å². The summed E-state index contributed by atoms with van der Waals surface area (Å²) in [7, 11) is -3.64. The number of sulfone groups is 1. The first-order chi connectivity index (χ1) is 13.5. The number of aromatic hydroxyl groups is 1. The molecule has 0 aliphatic rings. The Morgan fingerprint density at radius 3 is 2.13 bits per heavy atom. The van der Waals surface area contributed by atoms with E-state index < -0.39 is 26.4 Å². The topological polar surface area (TPSA) is 126 Å². The normalized spacial score (nSPS) is 10.2. The van der Waals surface area contributed by atoms with Gasteiger partial charge in [-0.1, -0.05) is 33.4 Å². The van der Waals surface area contributed by atoms with Crippen molar-refractivity contribution in [3.8, 4) is 5.75 Å². The van der Waals surface area contributed by atoms with Crippen LogP contribution in [0.25, 0.3) is 0 Å². The predicted octanol–water partition coefficient (Wildman–Crippen LogP) is 3.85. The molecule has 1 aromatic heterocycles. The first-order valence-electron chi connectivity index (χ1n) is 9.11. The predicted molar refractivity (Wildman–Crippen MR) is 114 cm³/mol. The van der Waals surface area contributed by atoms with Gasteiger partial charge >= 0.3 is 0 Å². The van der Waals surface area contributed by atoms with Crippen molar-refractivity contribution >= 4 is 33.0 Å². The molecule has 0 saturated heterocycles. The minimum atomic E-state index is -3.64. The number of furan rings is 1. The van der Waals surface area contributed by atoms with Crippen molar-refractivity contribution in [1.82, 2.24) is 0 Å². The van der Waals surface area contributed by atoms with Crippen LogP contribution >= 0.6 is 0 Å². The van der Waals surface area contributed by atoms with Crippen molar-refractivity contribution in [3.05, 3.63) is 42.4 Å². The molecule has 1 aromatic carbocycles. The molecular weight excluding hydrogens is 485 g/mol. The molecule has 0 spiro atoms. The SMILES string of the molecule is CC.CC.CC(C)(C(=O)Nc1[c-]cc(NC(=O)c2ccoc2)c(O)c1)S(C)(=O)=O.[Y]. The Kier molecular flexibility index (Phi) is 13.8. The minimum absolute atomic E-state index is 0. The number of phenols is 1. The Balaban J connectivity index is 0. The number of anilines is 2. The summed E-state index contributed by atoms with van der Waals surface area (Å²) in [6, 6.07) is 6.53. The second kappa shape index (κ2) is 13.6. The molecule has 2 aromatic rings. The number of rotatable bonds is 5. The number of nitrogens with one attached hydrogen (secondary N) is 2. The fourth-order valence-corrected chi connectivity index (χ4v) is 2.07. The third kappa shape index (κ3) is 8.20. The summed E-state index contributed by atoms with van der Waals surface area (Å²) in [5, 5.41) is 14.8. The van der Waals surface area contributed by atoms with Gasteiger partial charge in [-0.3, -0.25) is 9.59 Å². The molecule has 0 aliphatic heterocycles. The van der Waals surface area contributed by atoms with E-state index in [0.29, 0.717) is 0 Å². The van der Waals surface area contributed by atoms with Crippen LogP contribution in [0.3, 0.4) is 0 Å². The van der Waals surface area contributed by atoms with Crippen molar-refractivity contribution in [2.24, 2.45) is 0 Å². The van der Waals surface area contributed by atoms with Crippen LogP contribution < -0.4 is 10.6 Å². The van der Waals surface area contributed by atoms with Gasteiger partial charge in [0.2, 0.25) is 11.8 Å². The van der Waals surface area contributed by atoms with E-state index in [1.807, 2.05) is 27.7 Å². The standard InChI is InChI=1S/C16H17N2O6S.2C2H6.Y/c1-16(2,25(3,22)23)15(21)17-11-4-5-12(13(19)8-11)18-14(20)10-6-7-24-9-10;2*1-2;/h5-9,19H,1-3H3,(H,17,21)(H,18,20);2*1-2H3;/q-1;;;. The zero-order valence-electron chi connectivity index (χ0n) is 18.4. The monoisotopic (exact) mass is 514 g/mol. The molecule has 0 aliphatic carbocycles. The summed E-state index contributed by atoms with van der Waals surface area (Å²) < 4.78 is 26.5. The maximum atomic E-state index is 12.1. The number of carbonyl (C=O) groups excluding carboxylic acids is 2. The maximum Gasteiger partial charge on any atom is 0.248 e. The van der Waals surface area contributed by atoms with Crippen molar-refractivity contribution in [3.63, 3.8) is 0 Å². The molecule has 0 saturated carbocycles. The number of benzene rings is 1. The maximum absolute atomic E-state index is 12.1. The third-order valence-electron chi connectivity index (χ3n) is 3.68. The van der Waals surface area contributed by atoms with Crippen LogP contribution in [0.15, 0.2) is 35.1 Å². The summed E-state index contributed by atoms with van der Waals surface area (Å²) in [4.78, 5) is 24.0. The molecule has 0 bridgehead atoms. The number of carbonyl (C=O) groups is 2. The van der Waals surface area contributed by atoms with Gasteiger partial charge in [-0.05, 0) is 25.6 Å². The molecule has 0 atom stereocenters. The first kappa shape index (κ1) is 30.5. The molecule has 8 nitrogen and oxygen atoms in total. The van der Waals surface area contributed by atoms with Gasteiger partial charge in [0.15, 0.2) is 9.84 Å². The Labute approximate surface area is 203 Å². The van der Waals surface area contributed by atoms with Gasteiger partial charge in [-0.15, -0.1) is 12.1 Å². The van der Waals surface area contributed by atoms with Gasteiger partial charge in [-0.2, -0.15) is 6.07 Å². The van der Waals surface area contributed by atoms with Crippen LogP contribution in [0.5, 0.6) is 5.75 Å². The molecular formula is C20H29N2O6SY-. The number of hydrogen-bond acceptors (Lipinski definition) is 6. The summed E-state index contributed by atoms with van der Waals surface area (Å²) in [5.74, 6) is -1.57. The zero-order chi connectivity index (χ0) is 22.8. The van der Waals surface area contributed by atoms with Crippen LogP contribution in [-0.2, 0) is 47.3 Å². The Hall–Kier alpha value is -1.71. The molecule has 165 valence electrons. The first-order valence-corrected chi connectivity index (χ1v) is 11.0. The fraction of sp³-hybridized carbons (Fsp3) is 0.400. The van der Waals surface area contributed by atoms with Crippen LogP contribution in [-0.4, -0.2) is 36.3 Å². The fourth-order valence-electron chi connectivity index (χ4n) is 1.68. The van der Waals surface area contributed by atoms with Gasteiger partial charge < -0.3 is 20.2 Å². The molecule has 1 radical (unpaired) electrons. The second-order valence-electron chi connectivity index (χ2n) is 5.85. The zero-order valence-corrected chi connectivity index (χ0v) is 22.0. The second-order valence-corrected chi connectivity index (χ2v) is 8.41. The smallest absolute Gasteiger partial charge is 0.248 e. The van der Waals surface area contributed by atoms with E-state index in [4.69, 9.17) is 4.42 Å². The molecule has 3 N–H and O–H groups in total.